The van der Waals surface area contributed by atoms with Gasteiger partial charge in [0.05, 0.1) is 12.6 Å². The number of nitrogens with zero attached hydrogens (tertiary/aromatic N) is 2. The van der Waals surface area contributed by atoms with Gasteiger partial charge in [0.1, 0.15) is 0 Å². The van der Waals surface area contributed by atoms with E-state index in [0.717, 1.165) is 0 Å². The highest BCUT2D eigenvalue weighted by Gasteiger charge is 2.00. The molecule has 2 nitrogen and oxygen atoms in total. The van der Waals surface area contributed by atoms with Gasteiger partial charge in [-0.25, -0.2) is 0 Å². The minimum absolute atomic E-state index is 0.125. The van der Waals surface area contributed by atoms with Gasteiger partial charge >= 0.3 is 0 Å². The predicted molar refractivity (Wildman–Crippen MR) is 69.9 cm³/mol. The molecule has 0 radical (unpaired) electrons. The van der Waals surface area contributed by atoms with Crippen LogP contribution in [0.15, 0.2) is 70.9 Å². The summed E-state index contributed by atoms with van der Waals surface area (Å²) in [5.74, 6) is 0. The maximum atomic E-state index is 4.31. The minimum Gasteiger partial charge on any atom is -0.189 e. The quantitative estimate of drug-likeness (QED) is 0.688. The number of benzene rings is 2. The summed E-state index contributed by atoms with van der Waals surface area (Å²) in [6.07, 6.45) is 0. The van der Waals surface area contributed by atoms with Gasteiger partial charge in [-0.15, -0.1) is 0 Å². The lowest BCUT2D eigenvalue weighted by atomic mass is 10.1. The SMILES string of the molecule is CC(N=NCc1ccccc1)c1ccccc1. The van der Waals surface area contributed by atoms with Crippen LogP contribution >= 0.6 is 0 Å². The van der Waals surface area contributed by atoms with Crippen molar-refractivity contribution >= 4 is 0 Å². The van der Waals surface area contributed by atoms with Crippen LogP contribution in [-0.4, -0.2) is 0 Å². The Balaban J connectivity index is 1.93. The maximum Gasteiger partial charge on any atom is 0.0929 e. The molecule has 2 rings (SSSR count). The fourth-order valence-corrected chi connectivity index (χ4v) is 1.63. The lowest BCUT2D eigenvalue weighted by Crippen LogP contribution is -1.88. The molecule has 0 fully saturated rings. The molecule has 0 bridgehead atoms. The van der Waals surface area contributed by atoms with Crippen LogP contribution in [0, 0.1) is 0 Å². The van der Waals surface area contributed by atoms with Crippen LogP contribution in [0.4, 0.5) is 0 Å². The number of rotatable bonds is 4. The molecule has 17 heavy (non-hydrogen) atoms. The highest BCUT2D eigenvalue weighted by Crippen LogP contribution is 2.16. The molecule has 0 heterocycles. The van der Waals surface area contributed by atoms with Crippen molar-refractivity contribution < 1.29 is 0 Å². The molecule has 0 aromatic heterocycles. The van der Waals surface area contributed by atoms with E-state index in [9.17, 15) is 0 Å². The smallest absolute Gasteiger partial charge is 0.0929 e. The molecular weight excluding hydrogens is 208 g/mol. The van der Waals surface area contributed by atoms with E-state index in [2.05, 4.69) is 41.4 Å². The first-order valence-corrected chi connectivity index (χ1v) is 5.82. The van der Waals surface area contributed by atoms with Crippen LogP contribution in [0.25, 0.3) is 0 Å². The largest absolute Gasteiger partial charge is 0.189 e. The van der Waals surface area contributed by atoms with Crippen molar-refractivity contribution in [2.75, 3.05) is 0 Å². The van der Waals surface area contributed by atoms with Gasteiger partial charge in [0.2, 0.25) is 0 Å². The standard InChI is InChI=1S/C15H16N2/c1-13(15-10-6-3-7-11-15)17-16-12-14-8-4-2-5-9-14/h2-11,13H,12H2,1H3. The van der Waals surface area contributed by atoms with Crippen molar-refractivity contribution in [3.05, 3.63) is 71.8 Å². The van der Waals surface area contributed by atoms with Gasteiger partial charge in [-0.05, 0) is 18.1 Å². The number of hydrogen-bond acceptors (Lipinski definition) is 2. The monoisotopic (exact) mass is 224 g/mol. The van der Waals surface area contributed by atoms with E-state index < -0.39 is 0 Å². The van der Waals surface area contributed by atoms with Crippen LogP contribution in [-0.2, 0) is 6.54 Å². The van der Waals surface area contributed by atoms with E-state index in [-0.39, 0.29) is 6.04 Å². The third-order valence-corrected chi connectivity index (χ3v) is 2.63. The van der Waals surface area contributed by atoms with E-state index in [1.807, 2.05) is 36.4 Å². The molecule has 0 aliphatic heterocycles. The van der Waals surface area contributed by atoms with Crippen molar-refractivity contribution in [2.45, 2.75) is 19.5 Å². The fraction of sp³-hybridized carbons (Fsp3) is 0.200. The molecule has 0 saturated heterocycles. The van der Waals surface area contributed by atoms with Gasteiger partial charge in [0, 0.05) is 0 Å². The van der Waals surface area contributed by atoms with Gasteiger partial charge < -0.3 is 0 Å². The zero-order chi connectivity index (χ0) is 11.9. The first-order chi connectivity index (χ1) is 8.36. The van der Waals surface area contributed by atoms with E-state index in [1.54, 1.807) is 0 Å². The predicted octanol–water partition coefficient (Wildman–Crippen LogP) is 4.40. The molecule has 86 valence electrons. The number of azo groups is 1. The van der Waals surface area contributed by atoms with Crippen molar-refractivity contribution in [3.8, 4) is 0 Å². The highest BCUT2D eigenvalue weighted by atomic mass is 15.1. The van der Waals surface area contributed by atoms with Crippen LogP contribution in [0.2, 0.25) is 0 Å². The first kappa shape index (κ1) is 11.5. The average molecular weight is 224 g/mol. The van der Waals surface area contributed by atoms with Crippen molar-refractivity contribution in [1.29, 1.82) is 0 Å². The molecule has 0 aliphatic carbocycles. The van der Waals surface area contributed by atoms with Crippen molar-refractivity contribution in [1.82, 2.24) is 0 Å². The van der Waals surface area contributed by atoms with Crippen molar-refractivity contribution in [3.63, 3.8) is 0 Å². The molecule has 2 heteroatoms. The molecule has 0 spiro atoms. The molecule has 0 aliphatic rings. The van der Waals surface area contributed by atoms with E-state index in [0.29, 0.717) is 6.54 Å². The molecule has 2 aromatic carbocycles. The second kappa shape index (κ2) is 5.94. The van der Waals surface area contributed by atoms with Gasteiger partial charge in [-0.1, -0.05) is 60.7 Å². The molecule has 0 saturated carbocycles. The second-order valence-corrected chi connectivity index (χ2v) is 3.99. The third kappa shape index (κ3) is 3.52. The van der Waals surface area contributed by atoms with Crippen LogP contribution in [0.1, 0.15) is 24.1 Å². The Bertz CT molecular complexity index is 463. The first-order valence-electron chi connectivity index (χ1n) is 5.82. The lowest BCUT2D eigenvalue weighted by molar-refractivity contribution is 0.722. The molecule has 0 N–H and O–H groups in total. The number of hydrogen-bond donors (Lipinski definition) is 0. The van der Waals surface area contributed by atoms with Crippen LogP contribution in [0.5, 0.6) is 0 Å². The fourth-order valence-electron chi connectivity index (χ4n) is 1.63. The molecular formula is C15H16N2. The lowest BCUT2D eigenvalue weighted by Gasteiger charge is -2.04. The van der Waals surface area contributed by atoms with Crippen molar-refractivity contribution in [2.24, 2.45) is 10.2 Å². The second-order valence-electron chi connectivity index (χ2n) is 3.99. The summed E-state index contributed by atoms with van der Waals surface area (Å²) in [6, 6.07) is 20.5. The Hall–Kier alpha value is -1.96. The van der Waals surface area contributed by atoms with Gasteiger partial charge in [0.25, 0.3) is 0 Å². The highest BCUT2D eigenvalue weighted by molar-refractivity contribution is 5.18. The zero-order valence-corrected chi connectivity index (χ0v) is 9.95. The maximum absolute atomic E-state index is 4.31. The van der Waals surface area contributed by atoms with E-state index in [4.69, 9.17) is 0 Å². The minimum atomic E-state index is 0.125. The molecule has 2 aromatic rings. The van der Waals surface area contributed by atoms with E-state index >= 15 is 0 Å². The van der Waals surface area contributed by atoms with Gasteiger partial charge in [-0.2, -0.15) is 10.2 Å². The summed E-state index contributed by atoms with van der Waals surface area (Å²) in [6.45, 7) is 2.71. The summed E-state index contributed by atoms with van der Waals surface area (Å²) in [5, 5.41) is 8.56. The van der Waals surface area contributed by atoms with E-state index in [1.165, 1.54) is 11.1 Å². The normalized spacial score (nSPS) is 12.8. The molecule has 1 atom stereocenters. The van der Waals surface area contributed by atoms with Gasteiger partial charge in [-0.3, -0.25) is 0 Å². The van der Waals surface area contributed by atoms with Gasteiger partial charge in [0.15, 0.2) is 0 Å². The summed E-state index contributed by atoms with van der Waals surface area (Å²) in [5.41, 5.74) is 2.39. The third-order valence-electron chi connectivity index (χ3n) is 2.63. The summed E-state index contributed by atoms with van der Waals surface area (Å²) in [4.78, 5) is 0. The Morgan fingerprint density at radius 2 is 1.47 bits per heavy atom. The Kier molecular flexibility index (Phi) is 4.03. The summed E-state index contributed by atoms with van der Waals surface area (Å²) < 4.78 is 0. The zero-order valence-electron chi connectivity index (χ0n) is 9.95. The molecule has 1 unspecified atom stereocenters. The van der Waals surface area contributed by atoms with Crippen LogP contribution < -0.4 is 0 Å². The Morgan fingerprint density at radius 3 is 2.12 bits per heavy atom. The Labute approximate surface area is 102 Å². The summed E-state index contributed by atoms with van der Waals surface area (Å²) in [7, 11) is 0. The van der Waals surface area contributed by atoms with Crippen LogP contribution in [0.3, 0.4) is 0 Å². The molecule has 0 amide bonds. The Morgan fingerprint density at radius 1 is 0.882 bits per heavy atom. The summed E-state index contributed by atoms with van der Waals surface area (Å²) >= 11 is 0. The topological polar surface area (TPSA) is 24.7 Å². The average Bonchev–Trinajstić information content (AvgIpc) is 2.41.